The number of aliphatic carboxylic acids is 1. The van der Waals surface area contributed by atoms with Crippen molar-refractivity contribution in [2.75, 3.05) is 20.3 Å². The van der Waals surface area contributed by atoms with Crippen LogP contribution in [0.4, 0.5) is 0 Å². The van der Waals surface area contributed by atoms with Gasteiger partial charge in [-0.25, -0.2) is 4.79 Å². The molecule has 0 aliphatic carbocycles. The maximum atomic E-state index is 12.1. The van der Waals surface area contributed by atoms with Gasteiger partial charge in [0.1, 0.15) is 0 Å². The summed E-state index contributed by atoms with van der Waals surface area (Å²) in [6.45, 7) is 5.04. The van der Waals surface area contributed by atoms with Gasteiger partial charge in [0.15, 0.2) is 17.1 Å². The highest BCUT2D eigenvalue weighted by Gasteiger charge is 2.30. The number of carboxylic acids is 1. The van der Waals surface area contributed by atoms with Crippen LogP contribution in [-0.2, 0) is 4.79 Å². The number of carbonyl (C=O) groups excluding carboxylic acids is 1. The Balaban J connectivity index is 2.95. The average Bonchev–Trinajstić information content (AvgIpc) is 2.50. The van der Waals surface area contributed by atoms with Crippen LogP contribution in [0.25, 0.3) is 0 Å². The van der Waals surface area contributed by atoms with Gasteiger partial charge in [0.05, 0.1) is 25.3 Å². The molecule has 1 amide bonds. The number of methoxy groups -OCH3 is 1. The summed E-state index contributed by atoms with van der Waals surface area (Å²) in [5.74, 6) is -1.12. The molecule has 8 heteroatoms. The number of nitrogens with one attached hydrogen (secondary N) is 1. The van der Waals surface area contributed by atoms with Crippen LogP contribution in [0.1, 0.15) is 31.1 Å². The molecule has 1 unspecified atom stereocenters. The molecule has 134 valence electrons. The molecule has 24 heavy (non-hydrogen) atoms. The van der Waals surface area contributed by atoms with Crippen molar-refractivity contribution >= 4 is 23.5 Å². The van der Waals surface area contributed by atoms with Crippen LogP contribution in [0, 0.1) is 5.92 Å². The van der Waals surface area contributed by atoms with Crippen molar-refractivity contribution in [1.29, 1.82) is 0 Å². The van der Waals surface area contributed by atoms with Gasteiger partial charge in [-0.05, 0) is 25.0 Å². The molecule has 0 saturated carbocycles. The first-order valence-electron chi connectivity index (χ1n) is 7.32. The molecule has 0 radical (unpaired) electrons. The predicted molar refractivity (Wildman–Crippen MR) is 88.9 cm³/mol. The molecule has 0 heterocycles. The van der Waals surface area contributed by atoms with E-state index in [2.05, 4.69) is 5.32 Å². The highest BCUT2D eigenvalue weighted by atomic mass is 35.5. The molecule has 0 fully saturated rings. The molecule has 0 saturated heterocycles. The Kier molecular flexibility index (Phi) is 6.86. The monoisotopic (exact) mass is 359 g/mol. The van der Waals surface area contributed by atoms with Crippen LogP contribution in [0.5, 0.6) is 11.5 Å². The van der Waals surface area contributed by atoms with Crippen LogP contribution in [0.2, 0.25) is 5.02 Å². The maximum Gasteiger partial charge on any atom is 0.337 e. The number of halogens is 1. The minimum atomic E-state index is -2.07. The van der Waals surface area contributed by atoms with Gasteiger partial charge in [0, 0.05) is 5.56 Å². The number of carboxylic acid groups (broad SMARTS) is 1. The smallest absolute Gasteiger partial charge is 0.337 e. The highest BCUT2D eigenvalue weighted by Crippen LogP contribution is 2.36. The third-order valence-electron chi connectivity index (χ3n) is 3.11. The van der Waals surface area contributed by atoms with E-state index in [1.807, 2.05) is 13.8 Å². The van der Waals surface area contributed by atoms with E-state index in [0.29, 0.717) is 18.1 Å². The third-order valence-corrected chi connectivity index (χ3v) is 3.39. The SMILES string of the molecule is COc1cc(C(=O)NCC(C)(O)C(=O)O)cc(Cl)c1OCC(C)C. The summed E-state index contributed by atoms with van der Waals surface area (Å²) >= 11 is 6.15. The molecule has 7 nitrogen and oxygen atoms in total. The van der Waals surface area contributed by atoms with E-state index in [1.165, 1.54) is 19.2 Å². The van der Waals surface area contributed by atoms with E-state index < -0.39 is 24.0 Å². The van der Waals surface area contributed by atoms with Crippen molar-refractivity contribution in [2.45, 2.75) is 26.4 Å². The minimum absolute atomic E-state index is 0.162. The van der Waals surface area contributed by atoms with E-state index >= 15 is 0 Å². The second kappa shape index (κ2) is 8.21. The Bertz CT molecular complexity index is 615. The summed E-state index contributed by atoms with van der Waals surface area (Å²) in [5.41, 5.74) is -1.90. The van der Waals surface area contributed by atoms with Gasteiger partial charge in [-0.1, -0.05) is 25.4 Å². The summed E-state index contributed by atoms with van der Waals surface area (Å²) in [5, 5.41) is 21.0. The van der Waals surface area contributed by atoms with Crippen molar-refractivity contribution in [2.24, 2.45) is 5.92 Å². The molecular weight excluding hydrogens is 338 g/mol. The van der Waals surface area contributed by atoms with Gasteiger partial charge in [-0.15, -0.1) is 0 Å². The Morgan fingerprint density at radius 3 is 2.50 bits per heavy atom. The third kappa shape index (κ3) is 5.28. The van der Waals surface area contributed by atoms with E-state index in [4.69, 9.17) is 26.2 Å². The molecule has 1 rings (SSSR count). The Labute approximate surface area is 145 Å². The number of hydrogen-bond donors (Lipinski definition) is 3. The first kappa shape index (κ1) is 20.1. The molecule has 0 bridgehead atoms. The number of rotatable bonds is 8. The summed E-state index contributed by atoms with van der Waals surface area (Å²) in [4.78, 5) is 23.0. The van der Waals surface area contributed by atoms with Crippen LogP contribution < -0.4 is 14.8 Å². The number of aliphatic hydroxyl groups is 1. The van der Waals surface area contributed by atoms with E-state index in [9.17, 15) is 14.7 Å². The zero-order valence-corrected chi connectivity index (χ0v) is 14.8. The molecule has 0 aliphatic rings. The Morgan fingerprint density at radius 2 is 2.00 bits per heavy atom. The number of benzene rings is 1. The van der Waals surface area contributed by atoms with Crippen LogP contribution in [0.15, 0.2) is 12.1 Å². The first-order valence-corrected chi connectivity index (χ1v) is 7.70. The van der Waals surface area contributed by atoms with Gasteiger partial charge in [-0.2, -0.15) is 0 Å². The number of amides is 1. The molecular formula is C16H22ClNO6. The lowest BCUT2D eigenvalue weighted by Gasteiger charge is -2.19. The Morgan fingerprint density at radius 1 is 1.38 bits per heavy atom. The van der Waals surface area contributed by atoms with Crippen molar-refractivity contribution in [3.05, 3.63) is 22.7 Å². The normalized spacial score (nSPS) is 13.3. The maximum absolute atomic E-state index is 12.1. The quantitative estimate of drug-likeness (QED) is 0.655. The average molecular weight is 360 g/mol. The van der Waals surface area contributed by atoms with Crippen LogP contribution >= 0.6 is 11.6 Å². The van der Waals surface area contributed by atoms with Gasteiger partial charge in [0.2, 0.25) is 0 Å². The zero-order chi connectivity index (χ0) is 18.5. The number of ether oxygens (including phenoxy) is 2. The van der Waals surface area contributed by atoms with Gasteiger partial charge < -0.3 is 25.0 Å². The lowest BCUT2D eigenvalue weighted by molar-refractivity contribution is -0.155. The first-order chi connectivity index (χ1) is 11.1. The summed E-state index contributed by atoms with van der Waals surface area (Å²) in [6.07, 6.45) is 0. The van der Waals surface area contributed by atoms with Crippen LogP contribution in [-0.4, -0.2) is 48.0 Å². The fourth-order valence-corrected chi connectivity index (χ4v) is 1.94. The molecule has 1 aromatic rings. The van der Waals surface area contributed by atoms with Crippen molar-refractivity contribution < 1.29 is 29.3 Å². The molecule has 0 aliphatic heterocycles. The predicted octanol–water partition coefficient (Wildman–Crippen LogP) is 1.95. The van der Waals surface area contributed by atoms with Crippen molar-refractivity contribution in [3.63, 3.8) is 0 Å². The second-order valence-corrected chi connectivity index (χ2v) is 6.36. The summed E-state index contributed by atoms with van der Waals surface area (Å²) < 4.78 is 10.8. The fraction of sp³-hybridized carbons (Fsp3) is 0.500. The summed E-state index contributed by atoms with van der Waals surface area (Å²) in [6, 6.07) is 2.83. The second-order valence-electron chi connectivity index (χ2n) is 5.96. The summed E-state index contributed by atoms with van der Waals surface area (Å²) in [7, 11) is 1.42. The fourth-order valence-electron chi connectivity index (χ4n) is 1.67. The topological polar surface area (TPSA) is 105 Å². The molecule has 0 spiro atoms. The molecule has 3 N–H and O–H groups in total. The number of hydrogen-bond acceptors (Lipinski definition) is 5. The highest BCUT2D eigenvalue weighted by molar-refractivity contribution is 6.32. The van der Waals surface area contributed by atoms with Crippen molar-refractivity contribution in [1.82, 2.24) is 5.32 Å². The van der Waals surface area contributed by atoms with E-state index in [1.54, 1.807) is 0 Å². The molecule has 1 atom stereocenters. The van der Waals surface area contributed by atoms with Gasteiger partial charge in [-0.3, -0.25) is 4.79 Å². The van der Waals surface area contributed by atoms with Gasteiger partial charge in [0.25, 0.3) is 5.91 Å². The van der Waals surface area contributed by atoms with E-state index in [-0.39, 0.29) is 16.5 Å². The van der Waals surface area contributed by atoms with E-state index in [0.717, 1.165) is 6.92 Å². The lowest BCUT2D eigenvalue weighted by atomic mass is 10.1. The standard InChI is InChI=1S/C16H22ClNO6/c1-9(2)7-24-13-11(17)5-10(6-12(13)23-4)14(19)18-8-16(3,22)15(20)21/h5-6,9,22H,7-8H2,1-4H3,(H,18,19)(H,20,21). The minimum Gasteiger partial charge on any atom is -0.493 e. The van der Waals surface area contributed by atoms with Crippen LogP contribution in [0.3, 0.4) is 0 Å². The Hall–Kier alpha value is -1.99. The molecule has 1 aromatic carbocycles. The van der Waals surface area contributed by atoms with Crippen molar-refractivity contribution in [3.8, 4) is 11.5 Å². The lowest BCUT2D eigenvalue weighted by Crippen LogP contribution is -2.46. The van der Waals surface area contributed by atoms with Gasteiger partial charge >= 0.3 is 5.97 Å². The largest absolute Gasteiger partial charge is 0.493 e. The number of carbonyl (C=O) groups is 2. The molecule has 0 aromatic heterocycles. The zero-order valence-electron chi connectivity index (χ0n) is 14.1.